The highest BCUT2D eigenvalue weighted by Gasteiger charge is 2.35. The van der Waals surface area contributed by atoms with Gasteiger partial charge in [0.2, 0.25) is 11.8 Å². The average Bonchev–Trinajstić information content (AvgIpc) is 3.22. The molecule has 1 atom stereocenters. The number of nitrogens with one attached hydrogen (secondary N) is 1. The van der Waals surface area contributed by atoms with Gasteiger partial charge in [-0.3, -0.25) is 14.4 Å². The van der Waals surface area contributed by atoms with Gasteiger partial charge in [0.05, 0.1) is 12.1 Å². The number of hydrogen-bond donors (Lipinski definition) is 2. The van der Waals surface area contributed by atoms with Crippen molar-refractivity contribution < 1.29 is 19.5 Å². The van der Waals surface area contributed by atoms with E-state index in [0.29, 0.717) is 23.1 Å². The number of carboxylic acid groups (broad SMARTS) is 1. The highest BCUT2D eigenvalue weighted by Crippen LogP contribution is 2.27. The summed E-state index contributed by atoms with van der Waals surface area (Å²) in [6, 6.07) is 7.21. The number of rotatable bonds is 4. The predicted molar refractivity (Wildman–Crippen MR) is 99.6 cm³/mol. The van der Waals surface area contributed by atoms with Gasteiger partial charge < -0.3 is 15.3 Å². The number of carbonyl (C=O) groups excluding carboxylic acids is 2. The monoisotopic (exact) mass is 393 g/mol. The molecule has 144 valence electrons. The summed E-state index contributed by atoms with van der Waals surface area (Å²) in [6.07, 6.45) is 1.84. The average molecular weight is 394 g/mol. The van der Waals surface area contributed by atoms with Crippen LogP contribution in [0.1, 0.15) is 26.3 Å². The minimum Gasteiger partial charge on any atom is -0.483 e. The van der Waals surface area contributed by atoms with Crippen LogP contribution in [0.5, 0.6) is 0 Å². The van der Waals surface area contributed by atoms with E-state index in [-0.39, 0.29) is 30.7 Å². The summed E-state index contributed by atoms with van der Waals surface area (Å²) in [7, 11) is 0. The fourth-order valence-electron chi connectivity index (χ4n) is 2.59. The minimum absolute atomic E-state index is 0.0942. The van der Waals surface area contributed by atoms with Gasteiger partial charge in [-0.1, -0.05) is 22.9 Å². The molecular formula is C17H20ClN5O4. The molecule has 2 heterocycles. The fourth-order valence-corrected chi connectivity index (χ4v) is 2.78. The SMILES string of the molecule is CC(C)n1cc(NC(=O)C2CC(=O)N(c3cccc(Cl)c3)C2)nn1.O=CO. The van der Waals surface area contributed by atoms with E-state index >= 15 is 0 Å². The topological polar surface area (TPSA) is 117 Å². The molecule has 0 bridgehead atoms. The van der Waals surface area contributed by atoms with Crippen LogP contribution in [-0.2, 0) is 14.4 Å². The van der Waals surface area contributed by atoms with Gasteiger partial charge in [-0.25, -0.2) is 4.68 Å². The van der Waals surface area contributed by atoms with Crippen LogP contribution in [0.15, 0.2) is 30.5 Å². The first-order chi connectivity index (χ1) is 12.8. The molecule has 0 radical (unpaired) electrons. The molecule has 1 saturated heterocycles. The number of nitrogens with zero attached hydrogens (tertiary/aromatic N) is 4. The molecule has 1 aromatic heterocycles. The van der Waals surface area contributed by atoms with Crippen LogP contribution in [0.3, 0.4) is 0 Å². The van der Waals surface area contributed by atoms with Crippen molar-refractivity contribution in [2.45, 2.75) is 26.3 Å². The van der Waals surface area contributed by atoms with Crippen molar-refractivity contribution >= 4 is 41.4 Å². The molecular weight excluding hydrogens is 374 g/mol. The Morgan fingerprint density at radius 1 is 1.44 bits per heavy atom. The third-order valence-electron chi connectivity index (χ3n) is 3.91. The van der Waals surface area contributed by atoms with Crippen molar-refractivity contribution in [3.63, 3.8) is 0 Å². The fraction of sp³-hybridized carbons (Fsp3) is 0.353. The molecule has 0 saturated carbocycles. The van der Waals surface area contributed by atoms with E-state index in [1.54, 1.807) is 40.0 Å². The molecule has 9 nitrogen and oxygen atoms in total. The largest absolute Gasteiger partial charge is 0.483 e. The van der Waals surface area contributed by atoms with Crippen LogP contribution >= 0.6 is 11.6 Å². The zero-order valence-electron chi connectivity index (χ0n) is 14.9. The molecule has 1 aliphatic heterocycles. The van der Waals surface area contributed by atoms with E-state index in [9.17, 15) is 9.59 Å². The van der Waals surface area contributed by atoms with Crippen molar-refractivity contribution in [1.82, 2.24) is 15.0 Å². The van der Waals surface area contributed by atoms with Gasteiger partial charge in [-0.15, -0.1) is 5.10 Å². The third-order valence-corrected chi connectivity index (χ3v) is 4.14. The molecule has 1 fully saturated rings. The van der Waals surface area contributed by atoms with Crippen LogP contribution in [0.25, 0.3) is 0 Å². The van der Waals surface area contributed by atoms with Gasteiger partial charge in [0.15, 0.2) is 5.82 Å². The van der Waals surface area contributed by atoms with Crippen molar-refractivity contribution in [2.75, 3.05) is 16.8 Å². The Morgan fingerprint density at radius 2 is 2.15 bits per heavy atom. The summed E-state index contributed by atoms with van der Waals surface area (Å²) in [5, 5.41) is 18.0. The lowest BCUT2D eigenvalue weighted by molar-refractivity contribution is -0.123. The van der Waals surface area contributed by atoms with Gasteiger partial charge in [-0.2, -0.15) is 0 Å². The maximum atomic E-state index is 12.4. The lowest BCUT2D eigenvalue weighted by atomic mass is 10.1. The Kier molecular flexibility index (Phi) is 6.89. The second kappa shape index (κ2) is 9.13. The molecule has 27 heavy (non-hydrogen) atoms. The number of carbonyl (C=O) groups is 3. The van der Waals surface area contributed by atoms with Gasteiger partial charge in [-0.05, 0) is 32.0 Å². The zero-order valence-corrected chi connectivity index (χ0v) is 15.6. The Labute approximate surface area is 160 Å². The first kappa shape index (κ1) is 20.4. The Morgan fingerprint density at radius 3 is 2.74 bits per heavy atom. The second-order valence-electron chi connectivity index (χ2n) is 6.16. The highest BCUT2D eigenvalue weighted by molar-refractivity contribution is 6.31. The van der Waals surface area contributed by atoms with Gasteiger partial charge in [0, 0.05) is 29.7 Å². The normalized spacial score (nSPS) is 16.1. The van der Waals surface area contributed by atoms with Gasteiger partial charge >= 0.3 is 0 Å². The van der Waals surface area contributed by atoms with Crippen molar-refractivity contribution in [3.05, 3.63) is 35.5 Å². The maximum Gasteiger partial charge on any atom is 0.290 e. The van der Waals surface area contributed by atoms with E-state index in [0.717, 1.165) is 0 Å². The standard InChI is InChI=1S/C16H18ClN5O2.CH2O2/c1-10(2)22-9-14(19-20-22)18-16(24)11-6-15(23)21(8-11)13-5-3-4-12(17)7-13;2-1-3/h3-5,7,9-11H,6,8H2,1-2H3,(H,18,24);1H,(H,2,3). The third kappa shape index (κ3) is 5.27. The van der Waals surface area contributed by atoms with Crippen molar-refractivity contribution in [3.8, 4) is 0 Å². The number of benzene rings is 1. The Balaban J connectivity index is 0.000000817. The summed E-state index contributed by atoms with van der Waals surface area (Å²) in [5.41, 5.74) is 0.702. The molecule has 2 aromatic rings. The summed E-state index contributed by atoms with van der Waals surface area (Å²) in [6.45, 7) is 4.01. The Hall–Kier alpha value is -2.94. The molecule has 1 unspecified atom stereocenters. The number of aromatic nitrogens is 3. The number of anilines is 2. The Bertz CT molecular complexity index is 823. The quantitative estimate of drug-likeness (QED) is 0.769. The molecule has 2 amide bonds. The summed E-state index contributed by atoms with van der Waals surface area (Å²) >= 11 is 5.97. The summed E-state index contributed by atoms with van der Waals surface area (Å²) < 4.78 is 1.66. The first-order valence-corrected chi connectivity index (χ1v) is 8.60. The molecule has 3 rings (SSSR count). The van der Waals surface area contributed by atoms with Gasteiger partial charge in [0.25, 0.3) is 6.47 Å². The lowest BCUT2D eigenvalue weighted by Gasteiger charge is -2.16. The molecule has 2 N–H and O–H groups in total. The number of hydrogen-bond acceptors (Lipinski definition) is 5. The van der Waals surface area contributed by atoms with E-state index in [2.05, 4.69) is 15.6 Å². The van der Waals surface area contributed by atoms with Crippen molar-refractivity contribution in [2.24, 2.45) is 5.92 Å². The van der Waals surface area contributed by atoms with Crippen LogP contribution in [0.2, 0.25) is 5.02 Å². The molecule has 0 aliphatic carbocycles. The zero-order chi connectivity index (χ0) is 20.0. The predicted octanol–water partition coefficient (Wildman–Crippen LogP) is 2.20. The van der Waals surface area contributed by atoms with E-state index < -0.39 is 5.92 Å². The van der Waals surface area contributed by atoms with Gasteiger partial charge in [0.1, 0.15) is 0 Å². The number of halogens is 1. The van der Waals surface area contributed by atoms with Crippen LogP contribution < -0.4 is 10.2 Å². The second-order valence-corrected chi connectivity index (χ2v) is 6.59. The van der Waals surface area contributed by atoms with Crippen molar-refractivity contribution in [1.29, 1.82) is 0 Å². The van der Waals surface area contributed by atoms with E-state index in [1.807, 2.05) is 13.8 Å². The highest BCUT2D eigenvalue weighted by atomic mass is 35.5. The molecule has 10 heteroatoms. The summed E-state index contributed by atoms with van der Waals surface area (Å²) in [4.78, 5) is 34.6. The minimum atomic E-state index is -0.430. The first-order valence-electron chi connectivity index (χ1n) is 8.22. The lowest BCUT2D eigenvalue weighted by Crippen LogP contribution is -2.28. The van der Waals surface area contributed by atoms with Crippen LogP contribution in [0.4, 0.5) is 11.5 Å². The molecule has 0 spiro atoms. The maximum absolute atomic E-state index is 12.4. The smallest absolute Gasteiger partial charge is 0.290 e. The molecule has 1 aliphatic rings. The summed E-state index contributed by atoms with van der Waals surface area (Å²) in [5.74, 6) is -0.366. The van der Waals surface area contributed by atoms with E-state index in [4.69, 9.17) is 21.5 Å². The number of amides is 2. The van der Waals surface area contributed by atoms with E-state index in [1.165, 1.54) is 0 Å². The molecule has 1 aromatic carbocycles. The van der Waals surface area contributed by atoms with Crippen LogP contribution in [-0.4, -0.2) is 44.9 Å². The van der Waals surface area contributed by atoms with Crippen LogP contribution in [0, 0.1) is 5.92 Å².